The first-order valence-electron chi connectivity index (χ1n) is 9.11. The van der Waals surface area contributed by atoms with Gasteiger partial charge in [-0.2, -0.15) is 8.42 Å². The molecule has 0 saturated carbocycles. The SMILES string of the molecule is Cc1cc(Cl)ccc1NC(=O)C1CCCN(C2=NS(=O)(=O)c3ccccc32)C1. The van der Waals surface area contributed by atoms with E-state index >= 15 is 0 Å². The van der Waals surface area contributed by atoms with Crippen LogP contribution in [0.15, 0.2) is 51.8 Å². The lowest BCUT2D eigenvalue weighted by Gasteiger charge is -2.33. The largest absolute Gasteiger partial charge is 0.355 e. The topological polar surface area (TPSA) is 78.8 Å². The van der Waals surface area contributed by atoms with Crippen LogP contribution in [-0.2, 0) is 14.8 Å². The van der Waals surface area contributed by atoms with Crippen LogP contribution >= 0.6 is 11.6 Å². The van der Waals surface area contributed by atoms with Crippen LogP contribution in [0.2, 0.25) is 5.02 Å². The van der Waals surface area contributed by atoms with Crippen molar-refractivity contribution in [2.75, 3.05) is 18.4 Å². The fraction of sp³-hybridized carbons (Fsp3) is 0.300. The van der Waals surface area contributed by atoms with Crippen molar-refractivity contribution in [3.8, 4) is 0 Å². The zero-order valence-electron chi connectivity index (χ0n) is 15.4. The molecule has 0 radical (unpaired) electrons. The Hall–Kier alpha value is -2.38. The molecule has 1 atom stereocenters. The summed E-state index contributed by atoms with van der Waals surface area (Å²) in [4.78, 5) is 14.9. The van der Waals surface area contributed by atoms with Crippen molar-refractivity contribution in [2.45, 2.75) is 24.7 Å². The highest BCUT2D eigenvalue weighted by molar-refractivity contribution is 7.90. The third kappa shape index (κ3) is 3.52. The molecule has 146 valence electrons. The number of benzene rings is 2. The van der Waals surface area contributed by atoms with E-state index < -0.39 is 10.0 Å². The third-order valence-electron chi connectivity index (χ3n) is 5.15. The van der Waals surface area contributed by atoms with Crippen LogP contribution in [0, 0.1) is 12.8 Å². The monoisotopic (exact) mass is 417 g/mol. The number of aryl methyl sites for hydroxylation is 1. The van der Waals surface area contributed by atoms with Crippen LogP contribution in [0.1, 0.15) is 24.0 Å². The number of amidine groups is 1. The van der Waals surface area contributed by atoms with E-state index in [0.717, 1.165) is 24.1 Å². The van der Waals surface area contributed by atoms with Gasteiger partial charge >= 0.3 is 0 Å². The number of nitrogens with one attached hydrogen (secondary N) is 1. The molecule has 2 aromatic carbocycles. The van der Waals surface area contributed by atoms with Gasteiger partial charge in [-0.3, -0.25) is 4.79 Å². The Morgan fingerprint density at radius 3 is 2.82 bits per heavy atom. The number of carbonyl (C=O) groups excluding carboxylic acids is 1. The highest BCUT2D eigenvalue weighted by atomic mass is 35.5. The number of anilines is 1. The summed E-state index contributed by atoms with van der Waals surface area (Å²) in [5.74, 6) is 0.114. The van der Waals surface area contributed by atoms with Crippen LogP contribution in [-0.4, -0.2) is 38.2 Å². The lowest BCUT2D eigenvalue weighted by atomic mass is 9.96. The summed E-state index contributed by atoms with van der Waals surface area (Å²) in [6, 6.07) is 12.2. The van der Waals surface area contributed by atoms with Crippen molar-refractivity contribution in [3.05, 3.63) is 58.6 Å². The second kappa shape index (κ2) is 7.22. The van der Waals surface area contributed by atoms with E-state index in [1.807, 2.05) is 11.8 Å². The van der Waals surface area contributed by atoms with Crippen LogP contribution in [0.5, 0.6) is 0 Å². The number of hydrogen-bond acceptors (Lipinski definition) is 4. The average Bonchev–Trinajstić information content (AvgIpc) is 2.96. The molecule has 1 saturated heterocycles. The van der Waals surface area contributed by atoms with E-state index in [1.165, 1.54) is 0 Å². The molecular weight excluding hydrogens is 398 g/mol. The fourth-order valence-electron chi connectivity index (χ4n) is 3.70. The van der Waals surface area contributed by atoms with E-state index in [4.69, 9.17) is 11.6 Å². The van der Waals surface area contributed by atoms with Gasteiger partial charge in [0.05, 0.1) is 5.92 Å². The number of sulfonamides is 1. The molecule has 8 heteroatoms. The first-order chi connectivity index (χ1) is 13.3. The summed E-state index contributed by atoms with van der Waals surface area (Å²) in [7, 11) is -3.67. The molecule has 2 aliphatic rings. The molecular formula is C20H20ClN3O3S. The van der Waals surface area contributed by atoms with Gasteiger partial charge in [-0.25, -0.2) is 0 Å². The molecule has 2 aliphatic heterocycles. The number of fused-ring (bicyclic) bond motifs is 1. The Labute approximate surface area is 169 Å². The standard InChI is InChI=1S/C20H20ClN3O3S/c1-13-11-15(21)8-9-17(13)22-20(25)14-5-4-10-24(12-14)19-16-6-2-3-7-18(16)28(26,27)23-19/h2-3,6-9,11,14H,4-5,10,12H2,1H3,(H,22,25). The van der Waals surface area contributed by atoms with Crippen LogP contribution in [0.3, 0.4) is 0 Å². The molecule has 1 fully saturated rings. The van der Waals surface area contributed by atoms with Gasteiger partial charge in [0, 0.05) is 29.4 Å². The van der Waals surface area contributed by atoms with Crippen molar-refractivity contribution < 1.29 is 13.2 Å². The Kier molecular flexibility index (Phi) is 4.89. The van der Waals surface area contributed by atoms with E-state index in [9.17, 15) is 13.2 Å². The predicted molar refractivity (Wildman–Crippen MR) is 109 cm³/mol. The Bertz CT molecular complexity index is 1080. The Morgan fingerprint density at radius 2 is 2.04 bits per heavy atom. The van der Waals surface area contributed by atoms with Gasteiger partial charge in [0.25, 0.3) is 10.0 Å². The molecule has 1 N–H and O–H groups in total. The van der Waals surface area contributed by atoms with Gasteiger partial charge in [0.2, 0.25) is 5.91 Å². The fourth-order valence-corrected chi connectivity index (χ4v) is 5.16. The summed E-state index contributed by atoms with van der Waals surface area (Å²) in [5.41, 5.74) is 2.24. The molecule has 0 spiro atoms. The predicted octanol–water partition coefficient (Wildman–Crippen LogP) is 3.45. The number of hydrogen-bond donors (Lipinski definition) is 1. The van der Waals surface area contributed by atoms with Gasteiger partial charge in [-0.05, 0) is 55.7 Å². The lowest BCUT2D eigenvalue weighted by Crippen LogP contribution is -2.43. The number of rotatable bonds is 2. The Morgan fingerprint density at radius 1 is 1.25 bits per heavy atom. The van der Waals surface area contributed by atoms with Gasteiger partial charge < -0.3 is 10.2 Å². The molecule has 0 aliphatic carbocycles. The number of nitrogens with zero attached hydrogens (tertiary/aromatic N) is 2. The molecule has 2 heterocycles. The van der Waals surface area contributed by atoms with Crippen molar-refractivity contribution in [3.63, 3.8) is 0 Å². The number of amides is 1. The van der Waals surface area contributed by atoms with Crippen molar-refractivity contribution in [2.24, 2.45) is 10.3 Å². The highest BCUT2D eigenvalue weighted by Crippen LogP contribution is 2.30. The minimum absolute atomic E-state index is 0.0788. The van der Waals surface area contributed by atoms with Crippen LogP contribution in [0.25, 0.3) is 0 Å². The summed E-state index contributed by atoms with van der Waals surface area (Å²) in [6.45, 7) is 3.00. The summed E-state index contributed by atoms with van der Waals surface area (Å²) < 4.78 is 28.6. The van der Waals surface area contributed by atoms with Gasteiger partial charge in [0.1, 0.15) is 4.90 Å². The van der Waals surface area contributed by atoms with Crippen molar-refractivity contribution >= 4 is 39.1 Å². The van der Waals surface area contributed by atoms with E-state index in [1.54, 1.807) is 42.5 Å². The molecule has 1 unspecified atom stereocenters. The molecule has 28 heavy (non-hydrogen) atoms. The van der Waals surface area contributed by atoms with Crippen LogP contribution in [0.4, 0.5) is 5.69 Å². The van der Waals surface area contributed by atoms with Gasteiger partial charge in [-0.15, -0.1) is 4.40 Å². The lowest BCUT2D eigenvalue weighted by molar-refractivity contribution is -0.121. The Balaban J connectivity index is 1.53. The van der Waals surface area contributed by atoms with E-state index in [-0.39, 0.29) is 16.7 Å². The van der Waals surface area contributed by atoms with E-state index in [0.29, 0.717) is 29.5 Å². The quantitative estimate of drug-likeness (QED) is 0.811. The maximum atomic E-state index is 12.8. The van der Waals surface area contributed by atoms with E-state index in [2.05, 4.69) is 9.71 Å². The average molecular weight is 418 g/mol. The second-order valence-electron chi connectivity index (χ2n) is 7.12. The maximum Gasteiger partial charge on any atom is 0.285 e. The smallest absolute Gasteiger partial charge is 0.285 e. The maximum absolute atomic E-state index is 12.8. The first-order valence-corrected chi connectivity index (χ1v) is 10.9. The minimum atomic E-state index is -3.67. The summed E-state index contributed by atoms with van der Waals surface area (Å²) in [5, 5.41) is 3.59. The molecule has 6 nitrogen and oxygen atoms in total. The zero-order chi connectivity index (χ0) is 19.9. The first kappa shape index (κ1) is 19.0. The third-order valence-corrected chi connectivity index (χ3v) is 6.71. The molecule has 4 rings (SSSR count). The number of halogens is 1. The van der Waals surface area contributed by atoms with Gasteiger partial charge in [0.15, 0.2) is 5.84 Å². The molecule has 2 aromatic rings. The second-order valence-corrected chi connectivity index (χ2v) is 9.13. The number of carbonyl (C=O) groups is 1. The zero-order valence-corrected chi connectivity index (χ0v) is 16.9. The summed E-state index contributed by atoms with van der Waals surface area (Å²) >= 11 is 5.98. The number of likely N-dealkylation sites (tertiary alicyclic amines) is 1. The minimum Gasteiger partial charge on any atom is -0.355 e. The molecule has 1 amide bonds. The molecule has 0 bridgehead atoms. The normalized spacial score (nSPS) is 20.4. The highest BCUT2D eigenvalue weighted by Gasteiger charge is 2.35. The summed E-state index contributed by atoms with van der Waals surface area (Å²) in [6.07, 6.45) is 1.54. The molecule has 0 aromatic heterocycles. The van der Waals surface area contributed by atoms with Crippen molar-refractivity contribution in [1.82, 2.24) is 4.90 Å². The van der Waals surface area contributed by atoms with Gasteiger partial charge in [-0.1, -0.05) is 23.7 Å². The van der Waals surface area contributed by atoms with Crippen molar-refractivity contribution in [1.29, 1.82) is 0 Å². The number of piperidine rings is 1. The van der Waals surface area contributed by atoms with Crippen LogP contribution < -0.4 is 5.32 Å².